The van der Waals surface area contributed by atoms with Crippen LogP contribution in [0.15, 0.2) is 53.7 Å². The Balaban J connectivity index is 1.70. The molecular weight excluding hydrogens is 404 g/mol. The van der Waals surface area contributed by atoms with Gasteiger partial charge < -0.3 is 19.5 Å². The van der Waals surface area contributed by atoms with Crippen LogP contribution >= 0.6 is 11.8 Å². The van der Waals surface area contributed by atoms with Gasteiger partial charge in [0.25, 0.3) is 0 Å². The number of aromatic hydroxyl groups is 1. The third-order valence-corrected chi connectivity index (χ3v) is 5.71. The normalized spacial score (nSPS) is 14.0. The van der Waals surface area contributed by atoms with Crippen molar-refractivity contribution in [2.24, 2.45) is 0 Å². The van der Waals surface area contributed by atoms with E-state index in [1.807, 2.05) is 34.9 Å². The molecule has 1 amide bonds. The van der Waals surface area contributed by atoms with E-state index in [2.05, 4.69) is 10.2 Å². The first-order chi connectivity index (χ1) is 14.7. The van der Waals surface area contributed by atoms with Crippen LogP contribution in [0.3, 0.4) is 0 Å². The van der Waals surface area contributed by atoms with Crippen molar-refractivity contribution in [3.05, 3.63) is 48.5 Å². The first-order valence-electron chi connectivity index (χ1n) is 9.54. The highest BCUT2D eigenvalue weighted by atomic mass is 32.2. The maximum atomic E-state index is 12.6. The summed E-state index contributed by atoms with van der Waals surface area (Å²) in [6, 6.07) is 14.5. The molecule has 8 nitrogen and oxygen atoms in total. The van der Waals surface area contributed by atoms with Crippen LogP contribution in [0.5, 0.6) is 11.5 Å². The largest absolute Gasteiger partial charge is 0.507 e. The summed E-state index contributed by atoms with van der Waals surface area (Å²) < 4.78 is 12.7. The fourth-order valence-corrected chi connectivity index (χ4v) is 4.11. The minimum Gasteiger partial charge on any atom is -0.507 e. The molecule has 1 fully saturated rings. The van der Waals surface area contributed by atoms with Crippen molar-refractivity contribution >= 4 is 17.7 Å². The number of aromatic nitrogens is 3. The first kappa shape index (κ1) is 20.2. The molecule has 0 radical (unpaired) electrons. The van der Waals surface area contributed by atoms with Crippen LogP contribution in [-0.4, -0.2) is 69.8 Å². The van der Waals surface area contributed by atoms with E-state index in [1.54, 1.807) is 30.2 Å². The third-order valence-electron chi connectivity index (χ3n) is 4.79. The van der Waals surface area contributed by atoms with Crippen molar-refractivity contribution in [2.45, 2.75) is 5.16 Å². The Bertz CT molecular complexity index is 1030. The standard InChI is InChI=1S/C21H22N4O4S/c1-28-18-9-5-3-7-16(18)25-20(15-6-2-4-8-17(15)26)22-23-21(25)30-14-19(27)24-10-12-29-13-11-24/h2-9,26H,10-14H2,1H3. The molecule has 0 spiro atoms. The Kier molecular flexibility index (Phi) is 6.20. The molecule has 3 aromatic rings. The van der Waals surface area contributed by atoms with Crippen LogP contribution in [0, 0.1) is 0 Å². The lowest BCUT2D eigenvalue weighted by atomic mass is 10.2. The number of amides is 1. The zero-order valence-electron chi connectivity index (χ0n) is 16.5. The number of methoxy groups -OCH3 is 1. The van der Waals surface area contributed by atoms with Gasteiger partial charge in [-0.3, -0.25) is 9.36 Å². The molecule has 2 heterocycles. The van der Waals surface area contributed by atoms with E-state index < -0.39 is 0 Å². The number of morpholine rings is 1. The zero-order chi connectivity index (χ0) is 20.9. The lowest BCUT2D eigenvalue weighted by molar-refractivity contribution is -0.132. The van der Waals surface area contributed by atoms with E-state index in [9.17, 15) is 9.90 Å². The number of phenols is 1. The lowest BCUT2D eigenvalue weighted by Gasteiger charge is -2.26. The van der Waals surface area contributed by atoms with Gasteiger partial charge in [-0.1, -0.05) is 36.0 Å². The molecule has 1 N–H and O–H groups in total. The van der Waals surface area contributed by atoms with Gasteiger partial charge in [0.2, 0.25) is 5.91 Å². The van der Waals surface area contributed by atoms with Crippen molar-refractivity contribution in [3.8, 4) is 28.6 Å². The van der Waals surface area contributed by atoms with Crippen LogP contribution in [0.2, 0.25) is 0 Å². The van der Waals surface area contributed by atoms with Gasteiger partial charge >= 0.3 is 0 Å². The second-order valence-corrected chi connectivity index (χ2v) is 7.55. The summed E-state index contributed by atoms with van der Waals surface area (Å²) >= 11 is 1.30. The van der Waals surface area contributed by atoms with Gasteiger partial charge in [-0.2, -0.15) is 0 Å². The number of phenolic OH excluding ortho intramolecular Hbond substituents is 1. The summed E-state index contributed by atoms with van der Waals surface area (Å²) in [5.41, 5.74) is 1.27. The molecule has 0 bridgehead atoms. The van der Waals surface area contributed by atoms with E-state index >= 15 is 0 Å². The first-order valence-corrected chi connectivity index (χ1v) is 10.5. The zero-order valence-corrected chi connectivity index (χ0v) is 17.3. The molecule has 0 atom stereocenters. The minimum atomic E-state index is 0.0296. The van der Waals surface area contributed by atoms with E-state index in [4.69, 9.17) is 9.47 Å². The summed E-state index contributed by atoms with van der Waals surface area (Å²) in [5, 5.41) is 19.5. The second-order valence-electron chi connectivity index (χ2n) is 6.61. The third kappa shape index (κ3) is 4.12. The molecule has 1 saturated heterocycles. The molecule has 1 aliphatic rings. The summed E-state index contributed by atoms with van der Waals surface area (Å²) in [4.78, 5) is 14.4. The van der Waals surface area contributed by atoms with E-state index in [1.165, 1.54) is 11.8 Å². The van der Waals surface area contributed by atoms with Gasteiger partial charge in [0.15, 0.2) is 11.0 Å². The predicted molar refractivity (Wildman–Crippen MR) is 113 cm³/mol. The molecule has 4 rings (SSSR count). The molecule has 156 valence electrons. The number of rotatable bonds is 6. The van der Waals surface area contributed by atoms with Crippen molar-refractivity contribution < 1.29 is 19.4 Å². The molecule has 0 aliphatic carbocycles. The van der Waals surface area contributed by atoms with Gasteiger partial charge in [0.05, 0.1) is 37.3 Å². The maximum Gasteiger partial charge on any atom is 0.233 e. The van der Waals surface area contributed by atoms with Gasteiger partial charge in [-0.15, -0.1) is 10.2 Å². The van der Waals surface area contributed by atoms with E-state index in [0.717, 1.165) is 5.69 Å². The molecule has 2 aromatic carbocycles. The maximum absolute atomic E-state index is 12.6. The number of hydrogen-bond donors (Lipinski definition) is 1. The highest BCUT2D eigenvalue weighted by Gasteiger charge is 2.23. The summed E-state index contributed by atoms with van der Waals surface area (Å²) in [5.74, 6) is 1.46. The highest BCUT2D eigenvalue weighted by molar-refractivity contribution is 7.99. The van der Waals surface area contributed by atoms with Crippen LogP contribution in [0.1, 0.15) is 0 Å². The molecule has 1 aliphatic heterocycles. The minimum absolute atomic E-state index is 0.0296. The Morgan fingerprint density at radius 2 is 1.87 bits per heavy atom. The Morgan fingerprint density at radius 3 is 2.63 bits per heavy atom. The fourth-order valence-electron chi connectivity index (χ4n) is 3.26. The molecule has 1 aromatic heterocycles. The number of nitrogens with zero attached hydrogens (tertiary/aromatic N) is 4. The molecule has 9 heteroatoms. The van der Waals surface area contributed by atoms with Crippen LogP contribution in [0.4, 0.5) is 0 Å². The van der Waals surface area contributed by atoms with Crippen LogP contribution in [-0.2, 0) is 9.53 Å². The average molecular weight is 426 g/mol. The monoisotopic (exact) mass is 426 g/mol. The lowest BCUT2D eigenvalue weighted by Crippen LogP contribution is -2.41. The van der Waals surface area contributed by atoms with Crippen LogP contribution < -0.4 is 4.74 Å². The summed E-state index contributed by atoms with van der Waals surface area (Å²) in [6.07, 6.45) is 0. The molecule has 0 unspecified atom stereocenters. The van der Waals surface area contributed by atoms with E-state index in [0.29, 0.717) is 48.6 Å². The van der Waals surface area contributed by atoms with Crippen molar-refractivity contribution in [1.82, 2.24) is 19.7 Å². The molecular formula is C21H22N4O4S. The summed E-state index contributed by atoms with van der Waals surface area (Å²) in [6.45, 7) is 2.32. The second kappa shape index (κ2) is 9.19. The number of para-hydroxylation sites is 3. The quantitative estimate of drug-likeness (QED) is 0.606. The number of hydrogen-bond acceptors (Lipinski definition) is 7. The van der Waals surface area contributed by atoms with Gasteiger partial charge in [0.1, 0.15) is 11.5 Å². The topological polar surface area (TPSA) is 89.7 Å². The summed E-state index contributed by atoms with van der Waals surface area (Å²) in [7, 11) is 1.59. The van der Waals surface area contributed by atoms with Crippen molar-refractivity contribution in [2.75, 3.05) is 39.2 Å². The van der Waals surface area contributed by atoms with Gasteiger partial charge in [0, 0.05) is 13.1 Å². The van der Waals surface area contributed by atoms with Crippen molar-refractivity contribution in [1.29, 1.82) is 0 Å². The van der Waals surface area contributed by atoms with E-state index in [-0.39, 0.29) is 17.4 Å². The predicted octanol–water partition coefficient (Wildman–Crippen LogP) is 2.60. The number of benzene rings is 2. The van der Waals surface area contributed by atoms with Gasteiger partial charge in [-0.25, -0.2) is 0 Å². The van der Waals surface area contributed by atoms with Gasteiger partial charge in [-0.05, 0) is 24.3 Å². The average Bonchev–Trinajstić information content (AvgIpc) is 3.21. The smallest absolute Gasteiger partial charge is 0.233 e. The van der Waals surface area contributed by atoms with Crippen molar-refractivity contribution in [3.63, 3.8) is 0 Å². The Hall–Kier alpha value is -3.04. The number of ether oxygens (including phenoxy) is 2. The SMILES string of the molecule is COc1ccccc1-n1c(SCC(=O)N2CCOCC2)nnc1-c1ccccc1O. The molecule has 30 heavy (non-hydrogen) atoms. The fraction of sp³-hybridized carbons (Fsp3) is 0.286. The highest BCUT2D eigenvalue weighted by Crippen LogP contribution is 2.35. The molecule has 0 saturated carbocycles. The Labute approximate surface area is 178 Å². The number of thioether (sulfide) groups is 1. The Morgan fingerprint density at radius 1 is 1.13 bits per heavy atom. The number of carbonyl (C=O) groups is 1. The van der Waals surface area contributed by atoms with Crippen LogP contribution in [0.25, 0.3) is 17.1 Å². The number of carbonyl (C=O) groups excluding carboxylic acids is 1.